The van der Waals surface area contributed by atoms with Crippen molar-refractivity contribution in [1.82, 2.24) is 0 Å². The van der Waals surface area contributed by atoms with Crippen molar-refractivity contribution in [2.45, 2.75) is 26.2 Å². The van der Waals surface area contributed by atoms with E-state index < -0.39 is 17.3 Å². The summed E-state index contributed by atoms with van der Waals surface area (Å²) in [7, 11) is 0. The van der Waals surface area contributed by atoms with Crippen molar-refractivity contribution < 1.29 is 29.7 Å². The van der Waals surface area contributed by atoms with Crippen LogP contribution in [0, 0.1) is 5.92 Å². The summed E-state index contributed by atoms with van der Waals surface area (Å²) in [5, 5.41) is 30.3. The van der Waals surface area contributed by atoms with Crippen LogP contribution in [0.4, 0.5) is 0 Å². The molecule has 0 amide bonds. The van der Waals surface area contributed by atoms with E-state index in [1.165, 1.54) is 6.07 Å². The van der Waals surface area contributed by atoms with E-state index in [1.807, 2.05) is 6.92 Å². The molecule has 2 aromatic carbocycles. The van der Waals surface area contributed by atoms with Gasteiger partial charge in [-0.1, -0.05) is 6.92 Å². The van der Waals surface area contributed by atoms with Gasteiger partial charge in [-0.05, 0) is 31.4 Å². The van der Waals surface area contributed by atoms with Gasteiger partial charge in [0.1, 0.15) is 17.2 Å². The zero-order valence-electron chi connectivity index (χ0n) is 14.0. The van der Waals surface area contributed by atoms with E-state index in [2.05, 4.69) is 0 Å². The van der Waals surface area contributed by atoms with Gasteiger partial charge in [-0.2, -0.15) is 0 Å². The summed E-state index contributed by atoms with van der Waals surface area (Å²) in [5.41, 5.74) is -0.00717. The molecular weight excluding hydrogens is 336 g/mol. The van der Waals surface area contributed by atoms with Gasteiger partial charge in [0.2, 0.25) is 5.78 Å². The van der Waals surface area contributed by atoms with Gasteiger partial charge in [0.25, 0.3) is 0 Å². The number of rotatable bonds is 1. The zero-order valence-corrected chi connectivity index (χ0v) is 14.0. The minimum atomic E-state index is -0.697. The monoisotopic (exact) mass is 352 g/mol. The predicted octanol–water partition coefficient (Wildman–Crippen LogP) is 2.73. The molecule has 2 aliphatic carbocycles. The fourth-order valence-corrected chi connectivity index (χ4v) is 3.95. The Morgan fingerprint density at radius 3 is 2.31 bits per heavy atom. The van der Waals surface area contributed by atoms with Crippen molar-refractivity contribution in [3.8, 4) is 17.2 Å². The first-order chi connectivity index (χ1) is 12.3. The maximum atomic E-state index is 12.9. The lowest BCUT2D eigenvalue weighted by Gasteiger charge is -2.27. The van der Waals surface area contributed by atoms with Crippen molar-refractivity contribution in [2.75, 3.05) is 0 Å². The predicted molar refractivity (Wildman–Crippen MR) is 91.2 cm³/mol. The Morgan fingerprint density at radius 1 is 0.923 bits per heavy atom. The number of phenols is 3. The second-order valence-electron chi connectivity index (χ2n) is 6.73. The number of carbonyl (C=O) groups excluding carboxylic acids is 3. The van der Waals surface area contributed by atoms with E-state index >= 15 is 0 Å². The molecule has 6 heteroatoms. The minimum Gasteiger partial charge on any atom is -0.508 e. The van der Waals surface area contributed by atoms with E-state index in [4.69, 9.17) is 0 Å². The molecule has 0 saturated heterocycles. The van der Waals surface area contributed by atoms with Gasteiger partial charge >= 0.3 is 0 Å². The molecule has 0 aliphatic heterocycles. The lowest BCUT2D eigenvalue weighted by atomic mass is 9.75. The SMILES string of the molecule is CCC1CCc2c(cc3c(c2O)C(=O)c2c(O)cc(O)cc2C3=O)C1=O. The van der Waals surface area contributed by atoms with Crippen molar-refractivity contribution in [2.24, 2.45) is 5.92 Å². The largest absolute Gasteiger partial charge is 0.508 e. The van der Waals surface area contributed by atoms with Crippen molar-refractivity contribution in [1.29, 1.82) is 0 Å². The van der Waals surface area contributed by atoms with Crippen LogP contribution in [0.25, 0.3) is 0 Å². The van der Waals surface area contributed by atoms with Crippen molar-refractivity contribution in [3.05, 3.63) is 51.6 Å². The van der Waals surface area contributed by atoms with Gasteiger partial charge < -0.3 is 15.3 Å². The fourth-order valence-electron chi connectivity index (χ4n) is 3.95. The topological polar surface area (TPSA) is 112 Å². The highest BCUT2D eigenvalue weighted by Crippen LogP contribution is 2.43. The van der Waals surface area contributed by atoms with Crippen LogP contribution in [-0.2, 0) is 6.42 Å². The Labute approximate surface area is 148 Å². The molecule has 3 N–H and O–H groups in total. The van der Waals surface area contributed by atoms with Gasteiger partial charge in [0.05, 0.1) is 11.1 Å². The van der Waals surface area contributed by atoms with E-state index in [0.29, 0.717) is 24.8 Å². The molecule has 0 radical (unpaired) electrons. The number of benzene rings is 2. The maximum Gasteiger partial charge on any atom is 0.201 e. The molecule has 26 heavy (non-hydrogen) atoms. The van der Waals surface area contributed by atoms with Gasteiger partial charge in [-0.15, -0.1) is 0 Å². The van der Waals surface area contributed by atoms with Crippen LogP contribution in [0.15, 0.2) is 18.2 Å². The molecule has 0 bridgehead atoms. The third-order valence-electron chi connectivity index (χ3n) is 5.32. The molecule has 2 aliphatic rings. The molecule has 2 aromatic rings. The van der Waals surface area contributed by atoms with Gasteiger partial charge in [0.15, 0.2) is 11.6 Å². The van der Waals surface area contributed by atoms with Crippen LogP contribution in [0.2, 0.25) is 0 Å². The van der Waals surface area contributed by atoms with Gasteiger partial charge in [-0.25, -0.2) is 0 Å². The minimum absolute atomic E-state index is 0.0751. The van der Waals surface area contributed by atoms with Crippen LogP contribution >= 0.6 is 0 Å². The third kappa shape index (κ3) is 2.02. The quantitative estimate of drug-likeness (QED) is 0.621. The van der Waals surface area contributed by atoms with Crippen LogP contribution in [0.5, 0.6) is 17.2 Å². The standard InChI is InChI=1S/C20H16O6/c1-2-8-3-4-10-11(17(8)23)7-13-16(19(10)25)20(26)15-12(18(13)24)5-9(21)6-14(15)22/h5-8,21-22,25H,2-4H2,1H3. The summed E-state index contributed by atoms with van der Waals surface area (Å²) in [6, 6.07) is 3.45. The number of ketones is 3. The van der Waals surface area contributed by atoms with E-state index in [0.717, 1.165) is 12.1 Å². The fraction of sp³-hybridized carbons (Fsp3) is 0.250. The molecular formula is C20H16O6. The van der Waals surface area contributed by atoms with Crippen LogP contribution in [-0.4, -0.2) is 32.7 Å². The average Bonchev–Trinajstić information content (AvgIpc) is 2.59. The normalized spacial score (nSPS) is 18.3. The summed E-state index contributed by atoms with van der Waals surface area (Å²) in [6.45, 7) is 1.91. The Morgan fingerprint density at radius 2 is 1.62 bits per heavy atom. The Bertz CT molecular complexity index is 1020. The number of Topliss-reactive ketones (excluding diaryl/α,β-unsaturated/α-hetero) is 1. The van der Waals surface area contributed by atoms with Gasteiger partial charge in [-0.3, -0.25) is 14.4 Å². The molecule has 0 aromatic heterocycles. The molecule has 0 saturated carbocycles. The van der Waals surface area contributed by atoms with Crippen LogP contribution in [0.3, 0.4) is 0 Å². The highest BCUT2D eigenvalue weighted by Gasteiger charge is 2.39. The van der Waals surface area contributed by atoms with Crippen LogP contribution < -0.4 is 0 Å². The smallest absolute Gasteiger partial charge is 0.201 e. The first kappa shape index (κ1) is 16.3. The second-order valence-corrected chi connectivity index (χ2v) is 6.73. The summed E-state index contributed by atoms with van der Waals surface area (Å²) in [6.07, 6.45) is 1.68. The molecule has 1 unspecified atom stereocenters. The zero-order chi connectivity index (χ0) is 18.7. The number of fused-ring (bicyclic) bond motifs is 3. The average molecular weight is 352 g/mol. The van der Waals surface area contributed by atoms with Crippen molar-refractivity contribution in [3.63, 3.8) is 0 Å². The number of carbonyl (C=O) groups is 3. The molecule has 0 fully saturated rings. The number of phenolic OH excluding ortho intramolecular Hbond substituents is 3. The molecule has 0 heterocycles. The van der Waals surface area contributed by atoms with E-state index in [-0.39, 0.29) is 51.0 Å². The molecule has 4 rings (SSSR count). The van der Waals surface area contributed by atoms with Gasteiger partial charge in [0, 0.05) is 34.2 Å². The molecule has 132 valence electrons. The molecule has 6 nitrogen and oxygen atoms in total. The first-order valence-corrected chi connectivity index (χ1v) is 8.43. The Kier molecular flexibility index (Phi) is 3.41. The van der Waals surface area contributed by atoms with E-state index in [9.17, 15) is 29.7 Å². The third-order valence-corrected chi connectivity index (χ3v) is 5.32. The summed E-state index contributed by atoms with van der Waals surface area (Å²) >= 11 is 0. The summed E-state index contributed by atoms with van der Waals surface area (Å²) in [4.78, 5) is 38.4. The summed E-state index contributed by atoms with van der Waals surface area (Å²) < 4.78 is 0. The number of hydrogen-bond donors (Lipinski definition) is 3. The summed E-state index contributed by atoms with van der Waals surface area (Å²) in [5.74, 6) is -2.87. The highest BCUT2D eigenvalue weighted by atomic mass is 16.3. The second kappa shape index (κ2) is 5.42. The lowest BCUT2D eigenvalue weighted by molar-refractivity contribution is 0.0895. The maximum absolute atomic E-state index is 12.9. The molecule has 0 spiro atoms. The first-order valence-electron chi connectivity index (χ1n) is 8.43. The Hall–Kier alpha value is -3.15. The van der Waals surface area contributed by atoms with E-state index in [1.54, 1.807) is 0 Å². The van der Waals surface area contributed by atoms with Crippen LogP contribution in [0.1, 0.15) is 67.5 Å². The van der Waals surface area contributed by atoms with Crippen molar-refractivity contribution >= 4 is 17.3 Å². The highest BCUT2D eigenvalue weighted by molar-refractivity contribution is 6.31. The number of hydrogen-bond acceptors (Lipinski definition) is 6. The number of aromatic hydroxyl groups is 3. The molecule has 1 atom stereocenters. The lowest BCUT2D eigenvalue weighted by Crippen LogP contribution is -2.27. The Balaban J connectivity index is 2.00.